The molecule has 0 spiro atoms. The lowest BCUT2D eigenvalue weighted by Crippen LogP contribution is -2.07. The summed E-state index contributed by atoms with van der Waals surface area (Å²) in [5, 5.41) is 3.13. The van der Waals surface area contributed by atoms with Crippen molar-refractivity contribution in [1.29, 1.82) is 0 Å². The number of nitrogens with zero attached hydrogens (tertiary/aromatic N) is 3. The van der Waals surface area contributed by atoms with Crippen molar-refractivity contribution in [2.45, 2.75) is 33.2 Å². The Morgan fingerprint density at radius 2 is 2.18 bits per heavy atom. The molecule has 2 rings (SSSR count). The Morgan fingerprint density at radius 1 is 1.35 bits per heavy atom. The number of thiazole rings is 1. The predicted molar refractivity (Wildman–Crippen MR) is 69.0 cm³/mol. The number of hydrogen-bond donors (Lipinski definition) is 1. The van der Waals surface area contributed by atoms with Crippen molar-refractivity contribution < 1.29 is 0 Å². The minimum absolute atomic E-state index is 0.499. The lowest BCUT2D eigenvalue weighted by Gasteiger charge is -2.05. The highest BCUT2D eigenvalue weighted by Gasteiger charge is 2.07. The molecule has 0 bridgehead atoms. The van der Waals surface area contributed by atoms with Crippen LogP contribution < -0.4 is 5.73 Å². The molecule has 0 radical (unpaired) electrons. The Kier molecular flexibility index (Phi) is 3.81. The number of hydrogen-bond acceptors (Lipinski definition) is 5. The van der Waals surface area contributed by atoms with Gasteiger partial charge in [0, 0.05) is 29.4 Å². The van der Waals surface area contributed by atoms with Gasteiger partial charge in [-0.1, -0.05) is 6.92 Å². The van der Waals surface area contributed by atoms with E-state index in [1.807, 2.05) is 13.1 Å². The van der Waals surface area contributed by atoms with Gasteiger partial charge in [-0.15, -0.1) is 11.3 Å². The summed E-state index contributed by atoms with van der Waals surface area (Å²) < 4.78 is 0. The zero-order chi connectivity index (χ0) is 12.3. The van der Waals surface area contributed by atoms with E-state index < -0.39 is 0 Å². The number of nitrogens with two attached hydrogens (primary N) is 1. The third kappa shape index (κ3) is 2.87. The van der Waals surface area contributed by atoms with Gasteiger partial charge in [0.2, 0.25) is 0 Å². The number of rotatable bonds is 4. The van der Waals surface area contributed by atoms with Gasteiger partial charge in [0.15, 0.2) is 0 Å². The summed E-state index contributed by atoms with van der Waals surface area (Å²) >= 11 is 1.65. The lowest BCUT2D eigenvalue weighted by atomic mass is 10.2. The van der Waals surface area contributed by atoms with E-state index in [1.54, 1.807) is 11.3 Å². The van der Waals surface area contributed by atoms with Crippen molar-refractivity contribution in [1.82, 2.24) is 15.0 Å². The molecule has 0 aliphatic carbocycles. The summed E-state index contributed by atoms with van der Waals surface area (Å²) in [6.45, 7) is 4.58. The van der Waals surface area contributed by atoms with Crippen LogP contribution in [0.3, 0.4) is 0 Å². The Bertz CT molecular complexity index is 507. The first-order chi connectivity index (χ1) is 8.22. The minimum atomic E-state index is 0.499. The molecule has 0 aliphatic rings. The van der Waals surface area contributed by atoms with Crippen molar-refractivity contribution in [2.24, 2.45) is 5.73 Å². The largest absolute Gasteiger partial charge is 0.326 e. The average Bonchev–Trinajstić information content (AvgIpc) is 2.74. The highest BCUT2D eigenvalue weighted by atomic mass is 32.1. The monoisotopic (exact) mass is 248 g/mol. The Hall–Kier alpha value is -1.33. The molecule has 0 atom stereocenters. The number of aryl methyl sites for hydroxylation is 2. The van der Waals surface area contributed by atoms with Gasteiger partial charge in [0.05, 0.1) is 17.1 Å². The van der Waals surface area contributed by atoms with Crippen LogP contribution in [0.1, 0.15) is 34.7 Å². The molecular weight excluding hydrogens is 232 g/mol. The Morgan fingerprint density at radius 3 is 2.76 bits per heavy atom. The van der Waals surface area contributed by atoms with E-state index in [-0.39, 0.29) is 0 Å². The van der Waals surface area contributed by atoms with E-state index in [4.69, 9.17) is 5.73 Å². The van der Waals surface area contributed by atoms with E-state index in [0.717, 1.165) is 34.2 Å². The maximum absolute atomic E-state index is 5.64. The SMILES string of the molecule is CCc1nc(Cc2csc(C)n2)ncc1CN. The molecule has 2 aromatic rings. The van der Waals surface area contributed by atoms with E-state index in [1.165, 1.54) is 0 Å². The highest BCUT2D eigenvalue weighted by molar-refractivity contribution is 7.09. The Labute approximate surface area is 105 Å². The summed E-state index contributed by atoms with van der Waals surface area (Å²) in [7, 11) is 0. The maximum Gasteiger partial charge on any atom is 0.134 e. The van der Waals surface area contributed by atoms with Crippen LogP contribution >= 0.6 is 11.3 Å². The van der Waals surface area contributed by atoms with Crippen molar-refractivity contribution in [3.05, 3.63) is 39.4 Å². The van der Waals surface area contributed by atoms with Crippen LogP contribution in [0.5, 0.6) is 0 Å². The van der Waals surface area contributed by atoms with Crippen LogP contribution in [0.2, 0.25) is 0 Å². The fourth-order valence-electron chi connectivity index (χ4n) is 1.70. The minimum Gasteiger partial charge on any atom is -0.326 e. The third-order valence-corrected chi connectivity index (χ3v) is 3.39. The quantitative estimate of drug-likeness (QED) is 0.897. The van der Waals surface area contributed by atoms with Crippen molar-refractivity contribution in [3.8, 4) is 0 Å². The van der Waals surface area contributed by atoms with Gasteiger partial charge in [-0.05, 0) is 13.3 Å². The average molecular weight is 248 g/mol. The normalized spacial score (nSPS) is 10.8. The van der Waals surface area contributed by atoms with Gasteiger partial charge >= 0.3 is 0 Å². The zero-order valence-corrected chi connectivity index (χ0v) is 10.9. The molecule has 0 fully saturated rings. The number of aromatic nitrogens is 3. The van der Waals surface area contributed by atoms with Crippen LogP contribution in [0, 0.1) is 6.92 Å². The second kappa shape index (κ2) is 5.33. The lowest BCUT2D eigenvalue weighted by molar-refractivity contribution is 0.851. The standard InChI is InChI=1S/C12H16N4S/c1-3-11-9(5-13)6-14-12(16-11)4-10-7-17-8(2)15-10/h6-7H,3-5,13H2,1-2H3. The first-order valence-electron chi connectivity index (χ1n) is 5.67. The van der Waals surface area contributed by atoms with Gasteiger partial charge in [0.1, 0.15) is 5.82 Å². The second-order valence-corrected chi connectivity index (χ2v) is 4.91. The smallest absolute Gasteiger partial charge is 0.134 e. The van der Waals surface area contributed by atoms with Crippen molar-refractivity contribution in [2.75, 3.05) is 0 Å². The van der Waals surface area contributed by atoms with Gasteiger partial charge < -0.3 is 5.73 Å². The summed E-state index contributed by atoms with van der Waals surface area (Å²) in [5.41, 5.74) is 8.76. The molecule has 0 saturated carbocycles. The van der Waals surface area contributed by atoms with Gasteiger partial charge in [-0.25, -0.2) is 15.0 Å². The fourth-order valence-corrected chi connectivity index (χ4v) is 2.31. The zero-order valence-electron chi connectivity index (χ0n) is 10.1. The van der Waals surface area contributed by atoms with Crippen LogP contribution in [0.4, 0.5) is 0 Å². The topological polar surface area (TPSA) is 64.7 Å². The fraction of sp³-hybridized carbons (Fsp3) is 0.417. The van der Waals surface area contributed by atoms with Crippen LogP contribution in [0.15, 0.2) is 11.6 Å². The van der Waals surface area contributed by atoms with Gasteiger partial charge in [-0.3, -0.25) is 0 Å². The van der Waals surface area contributed by atoms with Crippen molar-refractivity contribution >= 4 is 11.3 Å². The molecule has 0 unspecified atom stereocenters. The first kappa shape index (κ1) is 12.1. The van der Waals surface area contributed by atoms with Crippen LogP contribution in [-0.4, -0.2) is 15.0 Å². The summed E-state index contributed by atoms with van der Waals surface area (Å²) in [6.07, 6.45) is 3.42. The third-order valence-electron chi connectivity index (χ3n) is 2.56. The van der Waals surface area contributed by atoms with Crippen LogP contribution in [0.25, 0.3) is 0 Å². The molecular formula is C12H16N4S. The molecule has 90 valence electrons. The maximum atomic E-state index is 5.64. The van der Waals surface area contributed by atoms with E-state index in [2.05, 4.69) is 27.3 Å². The van der Waals surface area contributed by atoms with Crippen LogP contribution in [-0.2, 0) is 19.4 Å². The summed E-state index contributed by atoms with van der Waals surface area (Å²) in [5.74, 6) is 0.823. The predicted octanol–water partition coefficient (Wildman–Crippen LogP) is 1.85. The van der Waals surface area contributed by atoms with Gasteiger partial charge in [0.25, 0.3) is 0 Å². The summed E-state index contributed by atoms with van der Waals surface area (Å²) in [6, 6.07) is 0. The molecule has 2 aromatic heterocycles. The summed E-state index contributed by atoms with van der Waals surface area (Å²) in [4.78, 5) is 13.3. The molecule has 0 aromatic carbocycles. The van der Waals surface area contributed by atoms with E-state index in [0.29, 0.717) is 13.0 Å². The van der Waals surface area contributed by atoms with E-state index >= 15 is 0 Å². The van der Waals surface area contributed by atoms with E-state index in [9.17, 15) is 0 Å². The second-order valence-electron chi connectivity index (χ2n) is 3.85. The Balaban J connectivity index is 2.22. The molecule has 0 saturated heterocycles. The van der Waals surface area contributed by atoms with Crippen molar-refractivity contribution in [3.63, 3.8) is 0 Å². The highest BCUT2D eigenvalue weighted by Crippen LogP contribution is 2.12. The molecule has 0 amide bonds. The molecule has 4 nitrogen and oxygen atoms in total. The molecule has 5 heteroatoms. The molecule has 2 N–H and O–H groups in total. The molecule has 17 heavy (non-hydrogen) atoms. The first-order valence-corrected chi connectivity index (χ1v) is 6.55. The molecule has 0 aliphatic heterocycles. The van der Waals surface area contributed by atoms with Gasteiger partial charge in [-0.2, -0.15) is 0 Å². The molecule has 2 heterocycles.